The third kappa shape index (κ3) is 7.41. The molecule has 1 heterocycles. The molecule has 1 aromatic carbocycles. The molecule has 7 heteroatoms. The number of carbonyl (C=O) groups is 1. The number of nitrogens with one attached hydrogen (secondary N) is 2. The van der Waals surface area contributed by atoms with Gasteiger partial charge in [0, 0.05) is 58.8 Å². The summed E-state index contributed by atoms with van der Waals surface area (Å²) >= 11 is 0. The highest BCUT2D eigenvalue weighted by Crippen LogP contribution is 2.28. The molecule has 0 spiro atoms. The lowest BCUT2D eigenvalue weighted by Crippen LogP contribution is -2.52. The molecule has 2 aliphatic rings. The minimum atomic E-state index is 0. The summed E-state index contributed by atoms with van der Waals surface area (Å²) in [7, 11) is 1.82. The largest absolute Gasteiger partial charge is 0.356 e. The number of carbonyl (C=O) groups excluding carboxylic acids is 1. The Morgan fingerprint density at radius 1 is 1.03 bits per heavy atom. The molecule has 1 saturated carbocycles. The van der Waals surface area contributed by atoms with Crippen molar-refractivity contribution in [1.82, 2.24) is 20.4 Å². The average Bonchev–Trinajstić information content (AvgIpc) is 2.65. The maximum Gasteiger partial charge on any atom is 0.225 e. The van der Waals surface area contributed by atoms with Crippen LogP contribution in [0.25, 0.3) is 0 Å². The number of amides is 1. The van der Waals surface area contributed by atoms with Crippen molar-refractivity contribution >= 4 is 35.8 Å². The van der Waals surface area contributed by atoms with Gasteiger partial charge in [0.15, 0.2) is 5.96 Å². The molecule has 6 nitrogen and oxygen atoms in total. The number of aliphatic imine (C=N–C) groups is 1. The first-order chi connectivity index (χ1) is 14.0. The molecular formula is C23H38IN5O. The summed E-state index contributed by atoms with van der Waals surface area (Å²) in [6, 6.07) is 6.71. The molecule has 1 amide bonds. The van der Waals surface area contributed by atoms with Crippen LogP contribution < -0.4 is 10.6 Å². The molecule has 1 aliphatic heterocycles. The van der Waals surface area contributed by atoms with Crippen LogP contribution in [0.2, 0.25) is 0 Å². The second kappa shape index (κ2) is 12.5. The average molecular weight is 527 g/mol. The lowest BCUT2D eigenvalue weighted by Gasteiger charge is -2.38. The molecule has 168 valence electrons. The topological polar surface area (TPSA) is 60.0 Å². The molecule has 2 fully saturated rings. The van der Waals surface area contributed by atoms with E-state index in [0.29, 0.717) is 11.8 Å². The highest BCUT2D eigenvalue weighted by Gasteiger charge is 2.30. The standard InChI is InChI=1S/C23H37N5O.HI/c1-18-15-19(2)17-20(16-18)7-8-25-23(24-3)26-9-10-27-11-13-28(14-12-27)22(29)21-5-4-6-21;/h15-17,21H,4-14H2,1-3H3,(H2,24,25,26);1H. The number of piperazine rings is 1. The van der Waals surface area contributed by atoms with E-state index in [2.05, 4.69) is 57.5 Å². The number of hydrogen-bond acceptors (Lipinski definition) is 3. The molecule has 1 saturated heterocycles. The summed E-state index contributed by atoms with van der Waals surface area (Å²) in [6.45, 7) is 10.7. The lowest BCUT2D eigenvalue weighted by molar-refractivity contribution is -0.139. The van der Waals surface area contributed by atoms with E-state index in [0.717, 1.165) is 71.0 Å². The minimum absolute atomic E-state index is 0. The van der Waals surface area contributed by atoms with Crippen molar-refractivity contribution in [1.29, 1.82) is 0 Å². The third-order valence-electron chi connectivity index (χ3n) is 6.07. The lowest BCUT2D eigenvalue weighted by atomic mass is 9.84. The fourth-order valence-corrected chi connectivity index (χ4v) is 4.20. The quantitative estimate of drug-likeness (QED) is 0.325. The van der Waals surface area contributed by atoms with Crippen molar-refractivity contribution in [3.8, 4) is 0 Å². The van der Waals surface area contributed by atoms with Gasteiger partial charge in [-0.15, -0.1) is 24.0 Å². The SMILES string of the molecule is CN=C(NCCc1cc(C)cc(C)c1)NCCN1CCN(C(=O)C2CCC2)CC1.I. The van der Waals surface area contributed by atoms with Crippen LogP contribution in [0, 0.1) is 19.8 Å². The van der Waals surface area contributed by atoms with Gasteiger partial charge in [0.1, 0.15) is 0 Å². The molecule has 0 bridgehead atoms. The van der Waals surface area contributed by atoms with Crippen LogP contribution in [0.1, 0.15) is 36.0 Å². The molecule has 0 atom stereocenters. The van der Waals surface area contributed by atoms with Gasteiger partial charge in [-0.3, -0.25) is 14.7 Å². The van der Waals surface area contributed by atoms with Crippen LogP contribution >= 0.6 is 24.0 Å². The Bertz CT molecular complexity index is 691. The van der Waals surface area contributed by atoms with Gasteiger partial charge in [-0.05, 0) is 38.7 Å². The number of rotatable bonds is 7. The van der Waals surface area contributed by atoms with Gasteiger partial charge in [0.05, 0.1) is 0 Å². The Kier molecular flexibility index (Phi) is 10.4. The smallest absolute Gasteiger partial charge is 0.225 e. The van der Waals surface area contributed by atoms with Crippen LogP contribution in [0.4, 0.5) is 0 Å². The molecule has 1 aromatic rings. The first kappa shape index (κ1) is 24.9. The summed E-state index contributed by atoms with van der Waals surface area (Å²) in [4.78, 5) is 21.2. The van der Waals surface area contributed by atoms with E-state index in [1.807, 2.05) is 7.05 Å². The summed E-state index contributed by atoms with van der Waals surface area (Å²) in [6.07, 6.45) is 4.40. The number of nitrogens with zero attached hydrogens (tertiary/aromatic N) is 3. The minimum Gasteiger partial charge on any atom is -0.356 e. The number of benzene rings is 1. The van der Waals surface area contributed by atoms with Crippen LogP contribution in [0.5, 0.6) is 0 Å². The van der Waals surface area contributed by atoms with Gasteiger partial charge in [-0.2, -0.15) is 0 Å². The Morgan fingerprint density at radius 3 is 2.23 bits per heavy atom. The zero-order valence-corrected chi connectivity index (χ0v) is 21.1. The van der Waals surface area contributed by atoms with Crippen LogP contribution in [-0.4, -0.2) is 74.5 Å². The number of aryl methyl sites for hydroxylation is 2. The maximum atomic E-state index is 12.3. The fourth-order valence-electron chi connectivity index (χ4n) is 4.20. The van der Waals surface area contributed by atoms with E-state index in [1.54, 1.807) is 0 Å². The molecule has 2 N–H and O–H groups in total. The number of halogens is 1. The summed E-state index contributed by atoms with van der Waals surface area (Å²) in [5, 5.41) is 6.82. The van der Waals surface area contributed by atoms with Crippen molar-refractivity contribution in [3.05, 3.63) is 34.9 Å². The normalized spacial score (nSPS) is 17.8. The molecule has 0 aromatic heterocycles. The Labute approximate surface area is 198 Å². The summed E-state index contributed by atoms with van der Waals surface area (Å²) < 4.78 is 0. The van der Waals surface area contributed by atoms with Gasteiger partial charge in [-0.25, -0.2) is 0 Å². The van der Waals surface area contributed by atoms with Gasteiger partial charge >= 0.3 is 0 Å². The van der Waals surface area contributed by atoms with E-state index in [9.17, 15) is 4.79 Å². The molecule has 1 aliphatic carbocycles. The van der Waals surface area contributed by atoms with Crippen molar-refractivity contribution in [2.45, 2.75) is 39.5 Å². The van der Waals surface area contributed by atoms with Crippen molar-refractivity contribution in [2.75, 3.05) is 52.9 Å². The summed E-state index contributed by atoms with van der Waals surface area (Å²) in [5.41, 5.74) is 3.99. The van der Waals surface area contributed by atoms with E-state index in [4.69, 9.17) is 0 Å². The summed E-state index contributed by atoms with van der Waals surface area (Å²) in [5.74, 6) is 1.57. The predicted molar refractivity (Wildman–Crippen MR) is 135 cm³/mol. The second-order valence-corrected chi connectivity index (χ2v) is 8.47. The molecule has 30 heavy (non-hydrogen) atoms. The van der Waals surface area contributed by atoms with Crippen LogP contribution in [-0.2, 0) is 11.2 Å². The zero-order valence-electron chi connectivity index (χ0n) is 18.7. The Balaban J connectivity index is 0.00000320. The fraction of sp³-hybridized carbons (Fsp3) is 0.652. The van der Waals surface area contributed by atoms with E-state index >= 15 is 0 Å². The zero-order chi connectivity index (χ0) is 20.6. The Hall–Kier alpha value is -1.35. The molecular weight excluding hydrogens is 489 g/mol. The first-order valence-corrected chi connectivity index (χ1v) is 11.1. The van der Waals surface area contributed by atoms with Crippen molar-refractivity contribution in [3.63, 3.8) is 0 Å². The maximum absolute atomic E-state index is 12.3. The van der Waals surface area contributed by atoms with E-state index < -0.39 is 0 Å². The predicted octanol–water partition coefficient (Wildman–Crippen LogP) is 2.57. The molecule has 3 rings (SSSR count). The Morgan fingerprint density at radius 2 is 1.67 bits per heavy atom. The van der Waals surface area contributed by atoms with Crippen molar-refractivity contribution < 1.29 is 4.79 Å². The highest BCUT2D eigenvalue weighted by molar-refractivity contribution is 14.0. The van der Waals surface area contributed by atoms with E-state index in [-0.39, 0.29) is 24.0 Å². The van der Waals surface area contributed by atoms with Gasteiger partial charge in [0.25, 0.3) is 0 Å². The van der Waals surface area contributed by atoms with Gasteiger partial charge < -0.3 is 15.5 Å². The monoisotopic (exact) mass is 527 g/mol. The third-order valence-corrected chi connectivity index (χ3v) is 6.07. The second-order valence-electron chi connectivity index (χ2n) is 8.47. The first-order valence-electron chi connectivity index (χ1n) is 11.1. The highest BCUT2D eigenvalue weighted by atomic mass is 127. The van der Waals surface area contributed by atoms with E-state index in [1.165, 1.54) is 23.1 Å². The molecule has 0 radical (unpaired) electrons. The van der Waals surface area contributed by atoms with Crippen LogP contribution in [0.3, 0.4) is 0 Å². The molecule has 0 unspecified atom stereocenters. The van der Waals surface area contributed by atoms with Gasteiger partial charge in [-0.1, -0.05) is 35.7 Å². The number of guanidine groups is 1. The number of hydrogen-bond donors (Lipinski definition) is 2. The van der Waals surface area contributed by atoms with Gasteiger partial charge in [0.2, 0.25) is 5.91 Å². The van der Waals surface area contributed by atoms with Crippen molar-refractivity contribution in [2.24, 2.45) is 10.9 Å². The van der Waals surface area contributed by atoms with Crippen LogP contribution in [0.15, 0.2) is 23.2 Å².